The second kappa shape index (κ2) is 26.9. The zero-order valence-corrected chi connectivity index (χ0v) is 63.4. The van der Waals surface area contributed by atoms with E-state index in [0.29, 0.717) is 0 Å². The molecule has 0 radical (unpaired) electrons. The molecule has 0 spiro atoms. The molecule has 6 N–H and O–H groups in total. The Morgan fingerprint density at radius 2 is 0.522 bits per heavy atom. The van der Waals surface area contributed by atoms with E-state index < -0.39 is 0 Å². The Morgan fingerprint density at radius 1 is 0.235 bits per heavy atom. The Bertz CT molecular complexity index is 8120. The Labute approximate surface area is 667 Å². The fourth-order valence-electron chi connectivity index (χ4n) is 18.5. The molecule has 11 nitrogen and oxygen atoms in total. The van der Waals surface area contributed by atoms with Gasteiger partial charge in [0.15, 0.2) is 0 Å². The van der Waals surface area contributed by atoms with Crippen molar-refractivity contribution in [1.82, 2.24) is 28.2 Å². The van der Waals surface area contributed by atoms with E-state index in [-0.39, 0.29) is 19.5 Å². The molecule has 12 heteroatoms. The van der Waals surface area contributed by atoms with Crippen LogP contribution in [-0.4, -0.2) is 40.3 Å². The van der Waals surface area contributed by atoms with Gasteiger partial charge in [-0.05, 0) is 183 Å². The van der Waals surface area contributed by atoms with Gasteiger partial charge < -0.3 is 53.0 Å². The Balaban J connectivity index is 0.000000119. The van der Waals surface area contributed by atoms with Gasteiger partial charge in [-0.15, -0.1) is 0 Å². The van der Waals surface area contributed by atoms with Crippen LogP contribution in [0, 0.1) is 0 Å². The van der Waals surface area contributed by atoms with Crippen molar-refractivity contribution in [3.63, 3.8) is 0 Å². The highest BCUT2D eigenvalue weighted by Crippen LogP contribution is 2.45. The number of fused-ring (bicyclic) bond motifs is 27. The first kappa shape index (κ1) is 68.0. The van der Waals surface area contributed by atoms with Gasteiger partial charge in [0.05, 0.1) is 44.1 Å². The van der Waals surface area contributed by atoms with Crippen LogP contribution in [0.15, 0.2) is 351 Å². The lowest BCUT2D eigenvalue weighted by Crippen LogP contribution is -2.43. The highest BCUT2D eigenvalue weighted by molar-refractivity contribution is 9.10. The van der Waals surface area contributed by atoms with Gasteiger partial charge in [-0.3, -0.25) is 0 Å². The standard InChI is InChI=1S/C54H31N3O2.C30H19N3.C12H7BrO.C6H14N2.CH4/c1-6-16-45-35(11-1)36-12-2-7-17-46(36)55(45)32-21-24-48-40(27-32)42-31-49-41(30-50(42)57(48)34-23-26-54-44(29-34)39-15-5-10-20-52(39)59-54)37-13-3-8-18-47(37)56(49)33-22-25-53-43(28-33)38-14-4-9-19-51(38)58-53;1-4-10-25-19(7-1)23-16-28-24(17-27(23)31-25)22-15-18(13-14-26(22)32-28)33-29-11-5-2-8-20(29)21-9-3-6-12-30(21)33;13-8-5-6-12-10(7-8)9-3-1-2-4-11(9)14-12;7-5-3-1-2-4-6(5)8;/h1-31H;1-17,31-32H;1-7H;5-6H,1-4,7-8H2;1H4/t;;;5-,6-;/m...1./s1. The SMILES string of the molecule is Brc1ccc2oc3ccccc3c2c1.C.N[C@@H]1CCCC[C@H]1N.c1ccc2c(c1)[nH]c1cc3c(cc12)[nH]c1ccc(-n2c4ccccc4c4ccccc42)cc13.c1ccc2c(c1)oc1ccc(-n3c4ccccc4c4cc5c(cc43)c3cc(-n4c6ccccc6c6ccccc64)ccc3n5-c3ccc4oc5ccccc5c4c3)cc12. The summed E-state index contributed by atoms with van der Waals surface area (Å²) in [6.45, 7) is 0. The molecule has 1 aliphatic rings. The number of nitrogens with one attached hydrogen (secondary N) is 2. The third-order valence-electron chi connectivity index (χ3n) is 23.9. The summed E-state index contributed by atoms with van der Waals surface area (Å²) in [6, 6.07) is 120. The van der Waals surface area contributed by atoms with Crippen molar-refractivity contribution in [3.05, 3.63) is 338 Å². The lowest BCUT2D eigenvalue weighted by molar-refractivity contribution is 0.385. The first-order chi connectivity index (χ1) is 56.2. The van der Waals surface area contributed by atoms with Gasteiger partial charge in [-0.25, -0.2) is 0 Å². The van der Waals surface area contributed by atoms with E-state index in [1.165, 1.54) is 127 Å². The molecule has 9 heterocycles. The van der Waals surface area contributed by atoms with Crippen molar-refractivity contribution < 1.29 is 13.3 Å². The molecule has 9 aromatic heterocycles. The lowest BCUT2D eigenvalue weighted by atomic mass is 9.92. The molecule has 115 heavy (non-hydrogen) atoms. The highest BCUT2D eigenvalue weighted by atomic mass is 79.9. The molecule has 1 aliphatic carbocycles. The van der Waals surface area contributed by atoms with Gasteiger partial charge in [0.25, 0.3) is 0 Å². The number of aromatic nitrogens is 6. The Hall–Kier alpha value is -13.9. The van der Waals surface area contributed by atoms with Crippen LogP contribution in [0.4, 0.5) is 0 Å². The van der Waals surface area contributed by atoms with Gasteiger partial charge in [0, 0.05) is 158 Å². The van der Waals surface area contributed by atoms with Gasteiger partial charge in [0.1, 0.15) is 33.5 Å². The number of aromatic amines is 2. The number of halogens is 1. The van der Waals surface area contributed by atoms with Gasteiger partial charge >= 0.3 is 0 Å². The van der Waals surface area contributed by atoms with Crippen LogP contribution in [0.1, 0.15) is 33.1 Å². The molecular formula is C103H75BrN8O3. The number of benzene rings is 16. The van der Waals surface area contributed by atoms with Crippen molar-refractivity contribution in [2.45, 2.75) is 45.2 Å². The molecule has 25 aromatic rings. The molecule has 26 rings (SSSR count). The van der Waals surface area contributed by atoms with Gasteiger partial charge in [-0.2, -0.15) is 0 Å². The summed E-state index contributed by atoms with van der Waals surface area (Å²) in [6.07, 6.45) is 4.80. The third kappa shape index (κ3) is 10.9. The van der Waals surface area contributed by atoms with E-state index in [2.05, 4.69) is 323 Å². The number of furan rings is 3. The summed E-state index contributed by atoms with van der Waals surface area (Å²) in [5.41, 5.74) is 35.4. The maximum atomic E-state index is 6.30. The molecule has 1 fully saturated rings. The van der Waals surface area contributed by atoms with Crippen LogP contribution in [-0.2, 0) is 0 Å². The predicted octanol–water partition coefficient (Wildman–Crippen LogP) is 28.0. The van der Waals surface area contributed by atoms with Crippen molar-refractivity contribution in [2.75, 3.05) is 0 Å². The topological polar surface area (TPSA) is 143 Å². The summed E-state index contributed by atoms with van der Waals surface area (Å²) < 4.78 is 29.0. The molecule has 0 aliphatic heterocycles. The number of hydrogen-bond acceptors (Lipinski definition) is 5. The number of hydrogen-bond donors (Lipinski definition) is 4. The molecular weight excluding hydrogens is 1480 g/mol. The van der Waals surface area contributed by atoms with Gasteiger partial charge in [-0.1, -0.05) is 200 Å². The minimum atomic E-state index is 0. The molecule has 1 saturated carbocycles. The van der Waals surface area contributed by atoms with E-state index in [9.17, 15) is 0 Å². The van der Waals surface area contributed by atoms with Crippen LogP contribution in [0.3, 0.4) is 0 Å². The second-order valence-electron chi connectivity index (χ2n) is 30.4. The molecule has 0 unspecified atom stereocenters. The second-order valence-corrected chi connectivity index (χ2v) is 31.3. The van der Waals surface area contributed by atoms with Crippen molar-refractivity contribution in [1.29, 1.82) is 0 Å². The molecule has 0 saturated heterocycles. The first-order valence-electron chi connectivity index (χ1n) is 39.1. The third-order valence-corrected chi connectivity index (χ3v) is 24.4. The monoisotopic (exact) mass is 1550 g/mol. The fraction of sp³-hybridized carbons (Fsp3) is 0.0680. The molecule has 552 valence electrons. The molecule has 16 aromatic carbocycles. The minimum absolute atomic E-state index is 0. The average Bonchev–Trinajstić information content (AvgIpc) is 1.55. The zero-order valence-electron chi connectivity index (χ0n) is 61.8. The smallest absolute Gasteiger partial charge is 0.135 e. The number of nitrogens with two attached hydrogens (primary N) is 2. The predicted molar refractivity (Wildman–Crippen MR) is 486 cm³/mol. The van der Waals surface area contributed by atoms with Crippen LogP contribution in [0.2, 0.25) is 0 Å². The summed E-state index contributed by atoms with van der Waals surface area (Å²) in [4.78, 5) is 7.24. The zero-order chi connectivity index (χ0) is 75.4. The van der Waals surface area contributed by atoms with E-state index >= 15 is 0 Å². The Kier molecular flexibility index (Phi) is 15.9. The number of rotatable bonds is 4. The van der Waals surface area contributed by atoms with Crippen LogP contribution >= 0.6 is 15.9 Å². The first-order valence-corrected chi connectivity index (χ1v) is 39.9. The number of para-hydroxylation sites is 9. The average molecular weight is 1550 g/mol. The minimum Gasteiger partial charge on any atom is -0.456 e. The van der Waals surface area contributed by atoms with Crippen molar-refractivity contribution in [3.8, 4) is 22.7 Å². The van der Waals surface area contributed by atoms with Crippen molar-refractivity contribution in [2.24, 2.45) is 11.5 Å². The Morgan fingerprint density at radius 3 is 0.974 bits per heavy atom. The summed E-state index contributed by atoms with van der Waals surface area (Å²) >= 11 is 3.46. The van der Waals surface area contributed by atoms with Crippen LogP contribution < -0.4 is 11.5 Å². The van der Waals surface area contributed by atoms with E-state index in [1.807, 2.05) is 54.6 Å². The largest absolute Gasteiger partial charge is 0.456 e. The molecule has 0 amide bonds. The van der Waals surface area contributed by atoms with E-state index in [0.717, 1.165) is 122 Å². The number of nitrogens with zero attached hydrogens (tertiary/aromatic N) is 4. The maximum absolute atomic E-state index is 6.30. The van der Waals surface area contributed by atoms with Gasteiger partial charge in [0.2, 0.25) is 0 Å². The van der Waals surface area contributed by atoms with Crippen LogP contribution in [0.5, 0.6) is 0 Å². The normalized spacial score (nSPS) is 14.0. The lowest BCUT2D eigenvalue weighted by Gasteiger charge is -2.24. The van der Waals surface area contributed by atoms with Crippen LogP contribution in [0.25, 0.3) is 219 Å². The highest BCUT2D eigenvalue weighted by Gasteiger charge is 2.24. The van der Waals surface area contributed by atoms with E-state index in [4.69, 9.17) is 24.7 Å². The molecule has 0 bridgehead atoms. The molecule has 2 atom stereocenters. The number of H-pyrrole nitrogens is 2. The van der Waals surface area contributed by atoms with E-state index in [1.54, 1.807) is 0 Å². The maximum Gasteiger partial charge on any atom is 0.135 e. The fourth-order valence-corrected chi connectivity index (χ4v) is 18.9. The summed E-state index contributed by atoms with van der Waals surface area (Å²) in [7, 11) is 0. The summed E-state index contributed by atoms with van der Waals surface area (Å²) in [5, 5.41) is 21.6. The van der Waals surface area contributed by atoms with Crippen molar-refractivity contribution >= 4 is 213 Å². The summed E-state index contributed by atoms with van der Waals surface area (Å²) in [5.74, 6) is 0. The quantitative estimate of drug-likeness (QED) is 0.139.